The minimum atomic E-state index is -0.343. The van der Waals surface area contributed by atoms with E-state index in [4.69, 9.17) is 4.74 Å². The summed E-state index contributed by atoms with van der Waals surface area (Å²) in [5.41, 5.74) is 5.66. The monoisotopic (exact) mass is 212 g/mol. The minimum absolute atomic E-state index is 0.343. The normalized spacial score (nSPS) is 32.2. The summed E-state index contributed by atoms with van der Waals surface area (Å²) in [5, 5.41) is 0. The Balaban J connectivity index is 1.51. The Morgan fingerprint density at radius 3 is 2.73 bits per heavy atom. The maximum Gasteiger partial charge on any atom is 0.421 e. The molecule has 4 heteroatoms. The number of hydrogen-bond acceptors (Lipinski definition) is 3. The molecule has 0 aromatic rings. The van der Waals surface area contributed by atoms with Gasteiger partial charge in [0, 0.05) is 6.04 Å². The van der Waals surface area contributed by atoms with Crippen LogP contribution >= 0.6 is 0 Å². The number of rotatable bonds is 5. The summed E-state index contributed by atoms with van der Waals surface area (Å²) in [7, 11) is 0. The van der Waals surface area contributed by atoms with Crippen LogP contribution in [0.3, 0.4) is 0 Å². The second-order valence-corrected chi connectivity index (χ2v) is 4.68. The van der Waals surface area contributed by atoms with Crippen molar-refractivity contribution < 1.29 is 9.53 Å². The van der Waals surface area contributed by atoms with Gasteiger partial charge >= 0.3 is 6.09 Å². The third-order valence-electron chi connectivity index (χ3n) is 3.35. The fourth-order valence-electron chi connectivity index (χ4n) is 2.34. The fourth-order valence-corrected chi connectivity index (χ4v) is 2.34. The second kappa shape index (κ2) is 4.84. The molecule has 2 fully saturated rings. The Morgan fingerprint density at radius 2 is 2.07 bits per heavy atom. The van der Waals surface area contributed by atoms with Gasteiger partial charge in [-0.05, 0) is 37.5 Å². The third-order valence-corrected chi connectivity index (χ3v) is 3.35. The largest absolute Gasteiger partial charge is 0.449 e. The van der Waals surface area contributed by atoms with Crippen molar-refractivity contribution in [3.05, 3.63) is 0 Å². The molecule has 0 bridgehead atoms. The summed E-state index contributed by atoms with van der Waals surface area (Å²) >= 11 is 0. The van der Waals surface area contributed by atoms with Crippen LogP contribution < -0.4 is 10.9 Å². The molecule has 1 amide bonds. The van der Waals surface area contributed by atoms with Gasteiger partial charge in [-0.25, -0.2) is 10.2 Å². The van der Waals surface area contributed by atoms with Gasteiger partial charge in [-0.1, -0.05) is 13.3 Å². The molecule has 2 aliphatic rings. The summed E-state index contributed by atoms with van der Waals surface area (Å²) in [6.07, 6.45) is 5.45. The van der Waals surface area contributed by atoms with Crippen molar-refractivity contribution in [1.82, 2.24) is 10.9 Å². The first-order chi connectivity index (χ1) is 7.29. The van der Waals surface area contributed by atoms with Gasteiger partial charge < -0.3 is 4.74 Å². The number of hydrogen-bond donors (Lipinski definition) is 2. The van der Waals surface area contributed by atoms with E-state index in [1.807, 2.05) is 0 Å². The molecular formula is C11H20N2O2. The zero-order valence-corrected chi connectivity index (χ0v) is 9.29. The van der Waals surface area contributed by atoms with Gasteiger partial charge in [-0.3, -0.25) is 5.43 Å². The van der Waals surface area contributed by atoms with Gasteiger partial charge in [-0.15, -0.1) is 0 Å². The third kappa shape index (κ3) is 3.09. The number of amides is 1. The quantitative estimate of drug-likeness (QED) is 0.540. The summed E-state index contributed by atoms with van der Waals surface area (Å²) in [6.45, 7) is 2.59. The molecule has 2 saturated carbocycles. The summed E-state index contributed by atoms with van der Waals surface area (Å²) in [5.74, 6) is 1.86. The van der Waals surface area contributed by atoms with Crippen molar-refractivity contribution in [2.24, 2.45) is 11.8 Å². The number of carbonyl (C=O) groups is 1. The van der Waals surface area contributed by atoms with Crippen molar-refractivity contribution in [2.75, 3.05) is 6.61 Å². The molecule has 2 atom stereocenters. The molecule has 0 aromatic carbocycles. The van der Waals surface area contributed by atoms with E-state index in [1.54, 1.807) is 0 Å². The SMILES string of the molecule is CCCCOC(=O)NNC1CC2CC2C1. The van der Waals surface area contributed by atoms with Gasteiger partial charge in [0.2, 0.25) is 0 Å². The summed E-state index contributed by atoms with van der Waals surface area (Å²) in [6, 6.07) is 0.465. The number of ether oxygens (including phenoxy) is 1. The first-order valence-corrected chi connectivity index (χ1v) is 5.98. The standard InChI is InChI=1S/C11H20N2O2/c1-2-3-4-15-11(14)13-12-10-6-8-5-9(8)7-10/h8-10,12H,2-7H2,1H3,(H,13,14). The van der Waals surface area contributed by atoms with Crippen molar-refractivity contribution in [1.29, 1.82) is 0 Å². The van der Waals surface area contributed by atoms with Crippen LogP contribution in [0.25, 0.3) is 0 Å². The number of carbonyl (C=O) groups excluding carboxylic acids is 1. The molecule has 15 heavy (non-hydrogen) atoms. The number of nitrogens with one attached hydrogen (secondary N) is 2. The second-order valence-electron chi connectivity index (χ2n) is 4.68. The van der Waals surface area contributed by atoms with Gasteiger partial charge in [-0.2, -0.15) is 0 Å². The molecule has 0 radical (unpaired) electrons. The Bertz CT molecular complexity index is 223. The lowest BCUT2D eigenvalue weighted by Gasteiger charge is -2.14. The van der Waals surface area contributed by atoms with Gasteiger partial charge in [0.25, 0.3) is 0 Å². The van der Waals surface area contributed by atoms with E-state index in [-0.39, 0.29) is 6.09 Å². The molecule has 0 aliphatic heterocycles. The maximum absolute atomic E-state index is 11.2. The topological polar surface area (TPSA) is 50.4 Å². The average Bonchev–Trinajstić information content (AvgIpc) is 2.84. The first kappa shape index (κ1) is 10.7. The molecule has 2 unspecified atom stereocenters. The number of hydrazine groups is 1. The molecule has 4 nitrogen and oxygen atoms in total. The predicted octanol–water partition coefficient (Wildman–Crippen LogP) is 1.82. The van der Waals surface area contributed by atoms with Crippen LogP contribution in [0.4, 0.5) is 4.79 Å². The van der Waals surface area contributed by atoms with Crippen LogP contribution in [-0.2, 0) is 4.74 Å². The van der Waals surface area contributed by atoms with Crippen LogP contribution in [0.15, 0.2) is 0 Å². The van der Waals surface area contributed by atoms with E-state index < -0.39 is 0 Å². The molecular weight excluding hydrogens is 192 g/mol. The van der Waals surface area contributed by atoms with Crippen molar-refractivity contribution >= 4 is 6.09 Å². The Kier molecular flexibility index (Phi) is 3.46. The maximum atomic E-state index is 11.2. The fraction of sp³-hybridized carbons (Fsp3) is 0.909. The highest BCUT2D eigenvalue weighted by Gasteiger charge is 2.45. The van der Waals surface area contributed by atoms with E-state index in [1.165, 1.54) is 19.3 Å². The lowest BCUT2D eigenvalue weighted by Crippen LogP contribution is -2.44. The summed E-state index contributed by atoms with van der Waals surface area (Å²) < 4.78 is 4.97. The lowest BCUT2D eigenvalue weighted by atomic mass is 10.2. The first-order valence-electron chi connectivity index (χ1n) is 5.98. The van der Waals surface area contributed by atoms with Gasteiger partial charge in [0.05, 0.1) is 6.61 Å². The van der Waals surface area contributed by atoms with Crippen molar-refractivity contribution in [3.63, 3.8) is 0 Å². The highest BCUT2D eigenvalue weighted by atomic mass is 16.6. The highest BCUT2D eigenvalue weighted by molar-refractivity contribution is 5.66. The van der Waals surface area contributed by atoms with E-state index >= 15 is 0 Å². The van der Waals surface area contributed by atoms with Crippen LogP contribution in [0, 0.1) is 11.8 Å². The zero-order chi connectivity index (χ0) is 10.7. The molecule has 2 N–H and O–H groups in total. The Morgan fingerprint density at radius 1 is 1.33 bits per heavy atom. The average molecular weight is 212 g/mol. The van der Waals surface area contributed by atoms with Crippen molar-refractivity contribution in [3.8, 4) is 0 Å². The van der Waals surface area contributed by atoms with E-state index in [0.717, 1.165) is 24.7 Å². The van der Waals surface area contributed by atoms with Crippen LogP contribution in [0.1, 0.15) is 39.0 Å². The van der Waals surface area contributed by atoms with Gasteiger partial charge in [0.15, 0.2) is 0 Å². The minimum Gasteiger partial charge on any atom is -0.449 e. The Labute approximate surface area is 90.7 Å². The van der Waals surface area contributed by atoms with Crippen LogP contribution in [0.5, 0.6) is 0 Å². The number of unbranched alkanes of at least 4 members (excludes halogenated alkanes) is 1. The van der Waals surface area contributed by atoms with E-state index in [2.05, 4.69) is 17.8 Å². The zero-order valence-electron chi connectivity index (χ0n) is 9.29. The lowest BCUT2D eigenvalue weighted by molar-refractivity contribution is 0.137. The molecule has 2 rings (SSSR count). The van der Waals surface area contributed by atoms with Crippen LogP contribution in [0.2, 0.25) is 0 Å². The van der Waals surface area contributed by atoms with Crippen molar-refractivity contribution in [2.45, 2.75) is 45.1 Å². The van der Waals surface area contributed by atoms with E-state index in [0.29, 0.717) is 12.6 Å². The number of fused-ring (bicyclic) bond motifs is 1. The molecule has 2 aliphatic carbocycles. The molecule has 0 spiro atoms. The molecule has 0 heterocycles. The molecule has 86 valence electrons. The van der Waals surface area contributed by atoms with Gasteiger partial charge in [0.1, 0.15) is 0 Å². The Hall–Kier alpha value is -0.770. The summed E-state index contributed by atoms with van der Waals surface area (Å²) in [4.78, 5) is 11.2. The smallest absolute Gasteiger partial charge is 0.421 e. The van der Waals surface area contributed by atoms with E-state index in [9.17, 15) is 4.79 Å². The molecule has 0 saturated heterocycles. The predicted molar refractivity (Wildman–Crippen MR) is 57.1 cm³/mol. The highest BCUT2D eigenvalue weighted by Crippen LogP contribution is 2.51. The molecule has 0 aromatic heterocycles. The van der Waals surface area contributed by atoms with Crippen LogP contribution in [-0.4, -0.2) is 18.7 Å².